The highest BCUT2D eigenvalue weighted by atomic mass is 35.5. The van der Waals surface area contributed by atoms with Gasteiger partial charge in [-0.2, -0.15) is 11.3 Å². The Labute approximate surface area is 140 Å². The molecule has 0 saturated heterocycles. The molecule has 2 N–H and O–H groups in total. The van der Waals surface area contributed by atoms with Crippen molar-refractivity contribution in [2.45, 2.75) is 6.92 Å². The van der Waals surface area contributed by atoms with E-state index in [1.807, 2.05) is 16.8 Å². The maximum absolute atomic E-state index is 12.4. The summed E-state index contributed by atoms with van der Waals surface area (Å²) in [5, 5.41) is 17.6. The smallest absolute Gasteiger partial charge is 0.267 e. The van der Waals surface area contributed by atoms with Crippen LogP contribution < -0.4 is 5.32 Å². The zero-order chi connectivity index (χ0) is 15.7. The quantitative estimate of drug-likeness (QED) is 0.667. The summed E-state index contributed by atoms with van der Waals surface area (Å²) in [5.41, 5.74) is 1.94. The lowest BCUT2D eigenvalue weighted by molar-refractivity contribution is 0.102. The molecule has 3 rings (SSSR count). The Morgan fingerprint density at radius 2 is 2.18 bits per heavy atom. The third-order valence-electron chi connectivity index (χ3n) is 2.98. The predicted octanol–water partition coefficient (Wildman–Crippen LogP) is 4.79. The van der Waals surface area contributed by atoms with E-state index in [2.05, 4.69) is 10.3 Å². The molecule has 0 aliphatic heterocycles. The van der Waals surface area contributed by atoms with Crippen LogP contribution in [0, 0.1) is 6.92 Å². The Kier molecular flexibility index (Phi) is 4.15. The number of carbonyl (C=O) groups excluding carboxylic acids is 1. The number of amides is 1. The third-order valence-corrected chi connectivity index (χ3v) is 5.10. The van der Waals surface area contributed by atoms with Crippen LogP contribution in [0.5, 0.6) is 5.75 Å². The number of thiophene rings is 1. The van der Waals surface area contributed by atoms with Crippen molar-refractivity contribution < 1.29 is 9.90 Å². The minimum absolute atomic E-state index is 0.0297. The Hall–Kier alpha value is -1.89. The minimum Gasteiger partial charge on any atom is -0.506 e. The molecule has 22 heavy (non-hydrogen) atoms. The minimum atomic E-state index is -0.311. The molecule has 0 spiro atoms. The van der Waals surface area contributed by atoms with Crippen LogP contribution in [-0.2, 0) is 0 Å². The Morgan fingerprint density at radius 1 is 1.36 bits per heavy atom. The van der Waals surface area contributed by atoms with Crippen LogP contribution in [0.25, 0.3) is 10.6 Å². The van der Waals surface area contributed by atoms with E-state index in [0.717, 1.165) is 10.6 Å². The largest absolute Gasteiger partial charge is 0.506 e. The van der Waals surface area contributed by atoms with Gasteiger partial charge in [0.05, 0.1) is 11.4 Å². The average molecular weight is 351 g/mol. The molecule has 0 radical (unpaired) electrons. The molecule has 112 valence electrons. The number of benzene rings is 1. The molecule has 0 fully saturated rings. The van der Waals surface area contributed by atoms with Crippen molar-refractivity contribution in [1.29, 1.82) is 0 Å². The molecule has 7 heteroatoms. The second-order valence-electron chi connectivity index (χ2n) is 4.56. The number of aromatic hydroxyl groups is 1. The first-order chi connectivity index (χ1) is 10.5. The standard InChI is InChI=1S/C15H11ClN2O2S2/c1-8-13(22-15(17-8)9-4-5-21-7-9)14(20)18-11-6-10(16)2-3-12(11)19/h2-7,19H,1H3,(H,18,20). The predicted molar refractivity (Wildman–Crippen MR) is 91.2 cm³/mol. The maximum atomic E-state index is 12.4. The number of nitrogens with zero attached hydrogens (tertiary/aromatic N) is 1. The van der Waals surface area contributed by atoms with Gasteiger partial charge in [0.1, 0.15) is 15.6 Å². The lowest BCUT2D eigenvalue weighted by Crippen LogP contribution is -2.11. The van der Waals surface area contributed by atoms with Gasteiger partial charge in [-0.25, -0.2) is 4.98 Å². The normalized spacial score (nSPS) is 10.6. The van der Waals surface area contributed by atoms with Gasteiger partial charge in [0.2, 0.25) is 0 Å². The molecule has 3 aromatic rings. The van der Waals surface area contributed by atoms with Gasteiger partial charge in [0.25, 0.3) is 5.91 Å². The van der Waals surface area contributed by atoms with Crippen LogP contribution >= 0.6 is 34.3 Å². The van der Waals surface area contributed by atoms with E-state index in [1.165, 1.54) is 23.5 Å². The first kappa shape index (κ1) is 15.0. The van der Waals surface area contributed by atoms with Crippen molar-refractivity contribution >= 4 is 45.9 Å². The Bertz CT molecular complexity index is 828. The summed E-state index contributed by atoms with van der Waals surface area (Å²) in [4.78, 5) is 17.3. The molecule has 0 bridgehead atoms. The van der Waals surface area contributed by atoms with Crippen molar-refractivity contribution in [2.24, 2.45) is 0 Å². The summed E-state index contributed by atoms with van der Waals surface area (Å²) in [6.07, 6.45) is 0. The summed E-state index contributed by atoms with van der Waals surface area (Å²) in [7, 11) is 0. The molecule has 2 aromatic heterocycles. The van der Waals surface area contributed by atoms with Crippen LogP contribution in [-0.4, -0.2) is 16.0 Å². The van der Waals surface area contributed by atoms with Gasteiger partial charge in [0, 0.05) is 16.0 Å². The number of aryl methyl sites for hydroxylation is 1. The average Bonchev–Trinajstić information content (AvgIpc) is 3.11. The lowest BCUT2D eigenvalue weighted by Gasteiger charge is -2.06. The van der Waals surface area contributed by atoms with Gasteiger partial charge in [-0.3, -0.25) is 4.79 Å². The topological polar surface area (TPSA) is 62.2 Å². The van der Waals surface area contributed by atoms with Crippen LogP contribution in [0.4, 0.5) is 5.69 Å². The number of phenolic OH excluding ortho intramolecular Hbond substituents is 1. The summed E-state index contributed by atoms with van der Waals surface area (Å²) in [6.45, 7) is 1.79. The van der Waals surface area contributed by atoms with Crippen molar-refractivity contribution in [3.8, 4) is 16.3 Å². The number of hydrogen-bond acceptors (Lipinski definition) is 5. The number of thiazole rings is 1. The van der Waals surface area contributed by atoms with Gasteiger partial charge in [-0.15, -0.1) is 11.3 Å². The van der Waals surface area contributed by atoms with Crippen LogP contribution in [0.1, 0.15) is 15.4 Å². The monoisotopic (exact) mass is 350 g/mol. The zero-order valence-electron chi connectivity index (χ0n) is 11.5. The van der Waals surface area contributed by atoms with Gasteiger partial charge in [0.15, 0.2) is 0 Å². The number of phenols is 1. The van der Waals surface area contributed by atoms with Crippen molar-refractivity contribution in [2.75, 3.05) is 5.32 Å². The molecule has 4 nitrogen and oxygen atoms in total. The van der Waals surface area contributed by atoms with E-state index < -0.39 is 0 Å². The number of rotatable bonds is 3. The number of nitrogens with one attached hydrogen (secondary N) is 1. The van der Waals surface area contributed by atoms with Gasteiger partial charge < -0.3 is 10.4 Å². The third kappa shape index (κ3) is 2.99. The molecular weight excluding hydrogens is 340 g/mol. The SMILES string of the molecule is Cc1nc(-c2ccsc2)sc1C(=O)Nc1cc(Cl)ccc1O. The summed E-state index contributed by atoms with van der Waals surface area (Å²) in [6, 6.07) is 6.46. The summed E-state index contributed by atoms with van der Waals surface area (Å²) in [5.74, 6) is -0.341. The first-order valence-corrected chi connectivity index (χ1v) is 8.48. The molecule has 2 heterocycles. The zero-order valence-corrected chi connectivity index (χ0v) is 13.9. The van der Waals surface area contributed by atoms with E-state index >= 15 is 0 Å². The highest BCUT2D eigenvalue weighted by Gasteiger charge is 2.17. The number of anilines is 1. The van der Waals surface area contributed by atoms with Crippen molar-refractivity contribution in [1.82, 2.24) is 4.98 Å². The van der Waals surface area contributed by atoms with E-state index in [1.54, 1.807) is 24.3 Å². The van der Waals surface area contributed by atoms with E-state index in [-0.39, 0.29) is 17.3 Å². The lowest BCUT2D eigenvalue weighted by atomic mass is 10.2. The molecule has 0 saturated carbocycles. The van der Waals surface area contributed by atoms with Crippen LogP contribution in [0.3, 0.4) is 0 Å². The fraction of sp³-hybridized carbons (Fsp3) is 0.0667. The van der Waals surface area contributed by atoms with E-state index in [4.69, 9.17) is 11.6 Å². The van der Waals surface area contributed by atoms with Crippen LogP contribution in [0.15, 0.2) is 35.0 Å². The maximum Gasteiger partial charge on any atom is 0.267 e. The van der Waals surface area contributed by atoms with Crippen molar-refractivity contribution in [3.63, 3.8) is 0 Å². The molecule has 0 atom stereocenters. The number of aromatic nitrogens is 1. The second kappa shape index (κ2) is 6.08. The molecule has 1 aromatic carbocycles. The van der Waals surface area contributed by atoms with Crippen LogP contribution in [0.2, 0.25) is 5.02 Å². The number of carbonyl (C=O) groups is 1. The van der Waals surface area contributed by atoms with Gasteiger partial charge in [-0.1, -0.05) is 11.6 Å². The molecule has 1 amide bonds. The van der Waals surface area contributed by atoms with Crippen molar-refractivity contribution in [3.05, 3.63) is 50.6 Å². The van der Waals surface area contributed by atoms with E-state index in [9.17, 15) is 9.90 Å². The Morgan fingerprint density at radius 3 is 2.91 bits per heavy atom. The fourth-order valence-electron chi connectivity index (χ4n) is 1.90. The van der Waals surface area contributed by atoms with Gasteiger partial charge in [-0.05, 0) is 36.6 Å². The highest BCUT2D eigenvalue weighted by Crippen LogP contribution is 2.31. The number of hydrogen-bond donors (Lipinski definition) is 2. The summed E-state index contributed by atoms with van der Waals surface area (Å²) >= 11 is 8.78. The highest BCUT2D eigenvalue weighted by molar-refractivity contribution is 7.17. The molecule has 0 aliphatic carbocycles. The van der Waals surface area contributed by atoms with Gasteiger partial charge >= 0.3 is 0 Å². The first-order valence-electron chi connectivity index (χ1n) is 6.34. The number of halogens is 1. The summed E-state index contributed by atoms with van der Waals surface area (Å²) < 4.78 is 0. The molecule has 0 aliphatic rings. The Balaban J connectivity index is 1.88. The van der Waals surface area contributed by atoms with E-state index in [0.29, 0.717) is 15.6 Å². The fourth-order valence-corrected chi connectivity index (χ4v) is 3.75. The molecular formula is C15H11ClN2O2S2. The molecule has 0 unspecified atom stereocenters. The second-order valence-corrected chi connectivity index (χ2v) is 6.78.